The third-order valence-corrected chi connectivity index (χ3v) is 19.6. The zero-order valence-electron chi connectivity index (χ0n) is 52.1. The Morgan fingerprint density at radius 3 is 2.11 bits per heavy atom. The number of phenolic OH excluding ortho intramolecular Hbond substituents is 1. The number of aromatic hydroxyl groups is 1. The van der Waals surface area contributed by atoms with Gasteiger partial charge in [0.2, 0.25) is 47.1 Å². The highest BCUT2D eigenvalue weighted by atomic mass is 123. The first-order valence-electron chi connectivity index (χ1n) is 30.8. The molecule has 22 N–H and O–H groups in total. The number of H-pyrrole nitrogens is 1. The lowest BCUT2D eigenvalue weighted by Crippen LogP contribution is -2.68. The number of nitrogens with two attached hydrogens (primary N) is 1. The van der Waals surface area contributed by atoms with Gasteiger partial charge in [-0.1, -0.05) is 76.2 Å². The van der Waals surface area contributed by atoms with Crippen LogP contribution >= 0.6 is 44.2 Å². The maximum absolute atomic E-state index is 15.3. The van der Waals surface area contributed by atoms with Crippen molar-refractivity contribution in [2.24, 2.45) is 5.73 Å². The number of halogens is 1. The first kappa shape index (κ1) is 77.0. The molecule has 35 heteroatoms. The van der Waals surface area contributed by atoms with Gasteiger partial charge in [-0.2, -0.15) is 0 Å². The van der Waals surface area contributed by atoms with Gasteiger partial charge < -0.3 is 124 Å². The van der Waals surface area contributed by atoms with Gasteiger partial charge in [-0.05, 0) is 104 Å². The van der Waals surface area contributed by atoms with Crippen LogP contribution in [0.2, 0.25) is 0 Å². The van der Waals surface area contributed by atoms with Crippen molar-refractivity contribution >= 4 is 102 Å². The van der Waals surface area contributed by atoms with Crippen molar-refractivity contribution in [3.8, 4) is 5.75 Å². The number of carbonyl (C=O) groups is 8. The fourth-order valence-electron chi connectivity index (χ4n) is 10.8. The highest BCUT2D eigenvalue weighted by Crippen LogP contribution is 2.31. The van der Waals surface area contributed by atoms with Gasteiger partial charge in [0.25, 0.3) is 0 Å². The summed E-state index contributed by atoms with van der Waals surface area (Å²) in [6.45, 7) is -0.0138. The Morgan fingerprint density at radius 2 is 1.45 bits per heavy atom. The van der Waals surface area contributed by atoms with Crippen LogP contribution in [0.3, 0.4) is 0 Å². The molecular weight excluding hydrogens is 1410 g/mol. The fourth-order valence-corrected chi connectivity index (χ4v) is 13.7. The number of amides is 7. The SMILES string of the molecule is C[C@@H](O)[C@H](NC(=O)[C@@H]1CSSC[C@H](NC(=O)[C@H](Cc2ccccc2)NC[C@]2(O)OC[C@H](O)[C@@H](O[C@@H]3O[C@@H](CO)[C@@H](O)[C@H](O)[C@@H]3O)[C@@H]2O)C(=O)N[C@@H](Cc2ccc(O)c([123I])c2)C(=O)N[C@H](Cc2c[nH]c3ccccc23)C(=O)N[C@@H](CCCCN)C(=O)N[C@@H]([C@@H](C)O)C(=O)N1)C(=O)O. The van der Waals surface area contributed by atoms with E-state index >= 15 is 14.4 Å². The summed E-state index contributed by atoms with van der Waals surface area (Å²) in [6.07, 6.45) is -16.9. The largest absolute Gasteiger partial charge is 0.507 e. The lowest BCUT2D eigenvalue weighted by Gasteiger charge is -2.47. The van der Waals surface area contributed by atoms with Crippen molar-refractivity contribution < 1.29 is 109 Å². The van der Waals surface area contributed by atoms with Crippen LogP contribution in [0.25, 0.3) is 10.9 Å². The van der Waals surface area contributed by atoms with Crippen LogP contribution in [0.15, 0.2) is 79.0 Å². The maximum atomic E-state index is 15.3. The van der Waals surface area contributed by atoms with E-state index in [0.29, 0.717) is 37.6 Å². The number of ether oxygens (including phenoxy) is 3. The Bertz CT molecular complexity index is 3310. The molecule has 0 spiro atoms. The smallest absolute Gasteiger partial charge is 0.328 e. The molecule has 4 aromatic rings. The molecule has 4 heterocycles. The number of aromatic amines is 1. The van der Waals surface area contributed by atoms with Crippen molar-refractivity contribution in [2.75, 3.05) is 37.8 Å². The predicted octanol–water partition coefficient (Wildman–Crippen LogP) is -5.15. The molecule has 0 aliphatic carbocycles. The number of nitrogens with one attached hydrogen (secondary N) is 9. The van der Waals surface area contributed by atoms with E-state index in [4.69, 9.17) is 19.9 Å². The van der Waals surface area contributed by atoms with Crippen LogP contribution in [0.1, 0.15) is 49.8 Å². The third kappa shape index (κ3) is 20.6. The summed E-state index contributed by atoms with van der Waals surface area (Å²) < 4.78 is 17.0. The molecule has 0 saturated carbocycles. The summed E-state index contributed by atoms with van der Waals surface area (Å²) in [5.41, 5.74) is 7.90. The number of hydrogen-bond donors (Lipinski definition) is 21. The predicted molar refractivity (Wildman–Crippen MR) is 352 cm³/mol. The second-order valence-corrected chi connectivity index (χ2v) is 27.3. The average molecular weight is 1500 g/mol. The van der Waals surface area contributed by atoms with Gasteiger partial charge in [0.1, 0.15) is 84.7 Å². The summed E-state index contributed by atoms with van der Waals surface area (Å²) >= 11 is 1.86. The molecule has 0 unspecified atom stereocenters. The number of carboxylic acid groups (broad SMARTS) is 1. The minimum Gasteiger partial charge on any atom is -0.507 e. The van der Waals surface area contributed by atoms with Gasteiger partial charge in [-0.15, -0.1) is 0 Å². The van der Waals surface area contributed by atoms with Crippen molar-refractivity contribution in [2.45, 2.75) is 168 Å². The van der Waals surface area contributed by atoms with Gasteiger partial charge in [0, 0.05) is 41.4 Å². The number of para-hydroxylation sites is 1. The molecule has 19 atom stereocenters. The Hall–Kier alpha value is -6.37. The normalized spacial score (nSPS) is 29.7. The number of carboxylic acids is 1. The molecule has 528 valence electrons. The van der Waals surface area contributed by atoms with Crippen LogP contribution in [0, 0.1) is 3.57 Å². The zero-order valence-corrected chi connectivity index (χ0v) is 55.9. The lowest BCUT2D eigenvalue weighted by atomic mass is 9.95. The molecule has 3 aliphatic heterocycles. The number of fused-ring (bicyclic) bond motifs is 1. The van der Waals surface area contributed by atoms with E-state index in [1.165, 1.54) is 18.2 Å². The first-order valence-corrected chi connectivity index (χ1v) is 34.3. The highest BCUT2D eigenvalue weighted by molar-refractivity contribution is 14.1. The third-order valence-electron chi connectivity index (χ3n) is 16.3. The number of carbonyl (C=O) groups excluding carboxylic acids is 7. The number of unbranched alkanes of at least 4 members (excludes halogenated alkanes) is 1. The van der Waals surface area contributed by atoms with E-state index in [1.807, 2.05) is 22.6 Å². The monoisotopic (exact) mass is 1490 g/mol. The van der Waals surface area contributed by atoms with Crippen LogP contribution < -0.4 is 48.3 Å². The van der Waals surface area contributed by atoms with Crippen molar-refractivity contribution in [1.82, 2.24) is 47.5 Å². The Balaban J connectivity index is 1.27. The molecule has 0 radical (unpaired) electrons. The Morgan fingerprint density at radius 1 is 0.792 bits per heavy atom. The first-order chi connectivity index (χ1) is 45.6. The molecule has 3 fully saturated rings. The molecule has 7 amide bonds. The second-order valence-electron chi connectivity index (χ2n) is 23.6. The Labute approximate surface area is 571 Å². The molecule has 3 aliphatic rings. The molecule has 1 aromatic heterocycles. The molecule has 32 nitrogen and oxygen atoms in total. The average Bonchev–Trinajstić information content (AvgIpc) is 1.03. The minimum absolute atomic E-state index is 0.0941. The van der Waals surface area contributed by atoms with Gasteiger partial charge >= 0.3 is 5.97 Å². The molecule has 0 bridgehead atoms. The summed E-state index contributed by atoms with van der Waals surface area (Å²) in [7, 11) is 1.62. The van der Waals surface area contributed by atoms with Gasteiger partial charge in [-0.25, -0.2) is 4.79 Å². The fraction of sp³-hybridized carbons (Fsp3) is 0.541. The summed E-state index contributed by atoms with van der Waals surface area (Å²) in [6, 6.07) is 6.39. The summed E-state index contributed by atoms with van der Waals surface area (Å²) in [4.78, 5) is 119. The van der Waals surface area contributed by atoms with E-state index in [2.05, 4.69) is 47.5 Å². The maximum Gasteiger partial charge on any atom is 0.328 e. The van der Waals surface area contributed by atoms with E-state index in [0.717, 1.165) is 35.4 Å². The molecule has 3 saturated heterocycles. The van der Waals surface area contributed by atoms with Crippen LogP contribution in [-0.4, -0.2) is 262 Å². The number of rotatable bonds is 23. The van der Waals surface area contributed by atoms with Crippen LogP contribution in [-0.2, 0) is 71.8 Å². The molecule has 3 aromatic carbocycles. The quantitative estimate of drug-likeness (QED) is 0.0188. The minimum atomic E-state index is -2.74. The standard InChI is InChI=1S/C61H83IN10O22S2/c1-28(74)45-58(88)70-41(57(87)72-46(29(2)75)59(89)90)26-96-95-25-40(69-53(83)37(19-30-10-4-3-5-11-30)65-27-61(91)51(81)50(43(77)24-92-61)94-60-49(80)48(79)47(78)44(23-73)93-60)56(86)67-38(20-31-15-16-42(76)34(62)18-31)54(84)68-39(21-32-22-64-35-13-7-6-12-33(32)35)55(85)66-36(52(82)71-45)14-8-9-17-63/h3-7,10-13,15-16,18,22,28-29,36-41,43-51,60,64-65,73-81,91H,8-9,14,17,19-21,23-27,63H2,1-2H3,(H,66,85)(H,67,86)(H,68,84)(H,69,83)(H,70,88)(H,71,82)(H,72,87)(H,89,90)/t28-,29-,36+,37+,38+,39-,40+,41+,43+,44+,45+,46+,47-,48+,49+,50-,51+,60+,61+/m1/s1/i62-4. The molecule has 96 heavy (non-hydrogen) atoms. The summed E-state index contributed by atoms with van der Waals surface area (Å²) in [5, 5.41) is 139. The van der Waals surface area contributed by atoms with E-state index in [9.17, 15) is 80.1 Å². The van der Waals surface area contributed by atoms with E-state index in [1.54, 1.807) is 60.8 Å². The van der Waals surface area contributed by atoms with Gasteiger partial charge in [0.15, 0.2) is 12.3 Å². The van der Waals surface area contributed by atoms with Gasteiger partial charge in [-0.3, -0.25) is 33.6 Å². The summed E-state index contributed by atoms with van der Waals surface area (Å²) in [5.74, 6) is -12.7. The van der Waals surface area contributed by atoms with Crippen molar-refractivity contribution in [3.63, 3.8) is 0 Å². The number of aliphatic carboxylic acids is 1. The molecular formula is C61H83IN10O22S2. The topological polar surface area (TPSA) is 525 Å². The lowest BCUT2D eigenvalue weighted by molar-refractivity contribution is -0.367. The number of aliphatic hydroxyl groups excluding tert-OH is 8. The number of benzene rings is 3. The zero-order chi connectivity index (χ0) is 70.1. The van der Waals surface area contributed by atoms with Crippen LogP contribution in [0.5, 0.6) is 5.75 Å². The van der Waals surface area contributed by atoms with Gasteiger partial charge in [0.05, 0.1) is 41.6 Å². The number of aliphatic hydroxyl groups is 9. The van der Waals surface area contributed by atoms with Crippen molar-refractivity contribution in [1.29, 1.82) is 0 Å². The number of phenols is 1. The van der Waals surface area contributed by atoms with Crippen LogP contribution in [0.4, 0.5) is 0 Å². The van der Waals surface area contributed by atoms with Crippen molar-refractivity contribution in [3.05, 3.63) is 99.3 Å². The second kappa shape index (κ2) is 35.9. The Kier molecular flexibility index (Phi) is 28.8. The molecule has 7 rings (SSSR count). The number of hydrogen-bond acceptors (Lipinski definition) is 25. The van der Waals surface area contributed by atoms with E-state index in [-0.39, 0.29) is 44.4 Å². The number of aromatic nitrogens is 1. The van der Waals surface area contributed by atoms with E-state index < -0.39 is 194 Å². The highest BCUT2D eigenvalue weighted by Gasteiger charge is 2.53.